The average Bonchev–Trinajstić information content (AvgIpc) is 2.42. The van der Waals surface area contributed by atoms with Crippen LogP contribution in [0.25, 0.3) is 0 Å². The molecule has 2 rings (SSSR count). The molecule has 0 bridgehead atoms. The molecular weight excluding hydrogens is 262 g/mol. The Labute approximate surface area is 115 Å². The largest absolute Gasteiger partial charge is 0.462 e. The molecule has 1 heterocycles. The molecule has 19 heavy (non-hydrogen) atoms. The fourth-order valence-electron chi connectivity index (χ4n) is 1.42. The molecule has 2 N–H and O–H groups in total. The summed E-state index contributed by atoms with van der Waals surface area (Å²) < 4.78 is 4.96. The first-order valence-electron chi connectivity index (χ1n) is 5.71. The number of aromatic nitrogens is 2. The van der Waals surface area contributed by atoms with E-state index in [9.17, 15) is 4.79 Å². The molecule has 0 radical (unpaired) electrons. The van der Waals surface area contributed by atoms with E-state index in [0.29, 0.717) is 17.9 Å². The molecule has 0 aliphatic rings. The number of ether oxygens (including phenoxy) is 1. The highest BCUT2D eigenvalue weighted by Crippen LogP contribution is 2.31. The number of nitrogens with two attached hydrogens (primary N) is 1. The molecule has 0 aliphatic carbocycles. The smallest absolute Gasteiger partial charge is 0.338 e. The summed E-state index contributed by atoms with van der Waals surface area (Å²) >= 11 is 1.38. The van der Waals surface area contributed by atoms with Crippen LogP contribution in [0.5, 0.6) is 0 Å². The van der Waals surface area contributed by atoms with Gasteiger partial charge in [-0.05, 0) is 31.2 Å². The highest BCUT2D eigenvalue weighted by molar-refractivity contribution is 7.99. The van der Waals surface area contributed by atoms with Gasteiger partial charge in [0, 0.05) is 16.8 Å². The minimum absolute atomic E-state index is 0.345. The Morgan fingerprint density at radius 1 is 1.42 bits per heavy atom. The minimum atomic E-state index is -0.355. The molecule has 6 heteroatoms. The van der Waals surface area contributed by atoms with Crippen LogP contribution in [0.4, 0.5) is 5.69 Å². The maximum Gasteiger partial charge on any atom is 0.338 e. The molecule has 0 spiro atoms. The van der Waals surface area contributed by atoms with E-state index >= 15 is 0 Å². The van der Waals surface area contributed by atoms with Crippen LogP contribution in [0.2, 0.25) is 0 Å². The minimum Gasteiger partial charge on any atom is -0.462 e. The van der Waals surface area contributed by atoms with Crippen LogP contribution in [0, 0.1) is 0 Å². The lowest BCUT2D eigenvalue weighted by Gasteiger charge is -2.07. The lowest BCUT2D eigenvalue weighted by Crippen LogP contribution is -2.05. The predicted octanol–water partition coefficient (Wildman–Crippen LogP) is 2.39. The second-order valence-electron chi connectivity index (χ2n) is 3.62. The second-order valence-corrected chi connectivity index (χ2v) is 4.68. The number of rotatable bonds is 4. The number of carbonyl (C=O) groups excluding carboxylic acids is 1. The first-order valence-corrected chi connectivity index (χ1v) is 6.53. The van der Waals surface area contributed by atoms with Crippen LogP contribution in [-0.2, 0) is 4.74 Å². The first kappa shape index (κ1) is 13.4. The lowest BCUT2D eigenvalue weighted by atomic mass is 10.2. The molecule has 98 valence electrons. The standard InChI is InChI=1S/C13H13N3O2S/c1-2-18-13(17)9-3-4-10(14)11(7-9)19-12-5-6-15-8-16-12/h3-8H,2,14H2,1H3. The van der Waals surface area contributed by atoms with Crippen LogP contribution in [0.1, 0.15) is 17.3 Å². The third kappa shape index (κ3) is 3.45. The van der Waals surface area contributed by atoms with Gasteiger partial charge in [0.05, 0.1) is 12.2 Å². The number of nitrogen functional groups attached to an aromatic ring is 1. The Balaban J connectivity index is 2.25. The van der Waals surface area contributed by atoms with Crippen LogP contribution in [0.3, 0.4) is 0 Å². The van der Waals surface area contributed by atoms with E-state index < -0.39 is 0 Å². The van der Waals surface area contributed by atoms with E-state index in [1.54, 1.807) is 37.4 Å². The molecule has 0 unspecified atom stereocenters. The van der Waals surface area contributed by atoms with Gasteiger partial charge in [0.2, 0.25) is 0 Å². The van der Waals surface area contributed by atoms with E-state index in [-0.39, 0.29) is 5.97 Å². The van der Waals surface area contributed by atoms with Gasteiger partial charge in [0.1, 0.15) is 11.4 Å². The Morgan fingerprint density at radius 2 is 2.26 bits per heavy atom. The summed E-state index contributed by atoms with van der Waals surface area (Å²) in [6.07, 6.45) is 3.12. The third-order valence-electron chi connectivity index (χ3n) is 2.29. The summed E-state index contributed by atoms with van der Waals surface area (Å²) in [5, 5.41) is 0.766. The fraction of sp³-hybridized carbons (Fsp3) is 0.154. The van der Waals surface area contributed by atoms with Gasteiger partial charge in [-0.15, -0.1) is 0 Å². The molecule has 0 aliphatic heterocycles. The van der Waals surface area contributed by atoms with Gasteiger partial charge in [-0.3, -0.25) is 0 Å². The maximum atomic E-state index is 11.7. The molecule has 0 saturated carbocycles. The number of nitrogens with zero attached hydrogens (tertiary/aromatic N) is 2. The van der Waals surface area contributed by atoms with E-state index in [0.717, 1.165) is 9.92 Å². The molecule has 0 fully saturated rings. The Bertz CT molecular complexity index is 575. The summed E-state index contributed by atoms with van der Waals surface area (Å²) in [7, 11) is 0. The van der Waals surface area contributed by atoms with Gasteiger partial charge < -0.3 is 10.5 Å². The van der Waals surface area contributed by atoms with E-state index in [1.807, 2.05) is 0 Å². The van der Waals surface area contributed by atoms with Crippen LogP contribution < -0.4 is 5.73 Å². The van der Waals surface area contributed by atoms with Crippen molar-refractivity contribution in [3.05, 3.63) is 42.4 Å². The molecule has 1 aromatic carbocycles. The topological polar surface area (TPSA) is 78.1 Å². The molecule has 2 aromatic rings. The number of hydrogen-bond acceptors (Lipinski definition) is 6. The molecule has 0 saturated heterocycles. The Hall–Kier alpha value is -2.08. The van der Waals surface area contributed by atoms with Gasteiger partial charge in [0.15, 0.2) is 0 Å². The summed E-state index contributed by atoms with van der Waals surface area (Å²) in [6.45, 7) is 2.11. The quantitative estimate of drug-likeness (QED) is 0.524. The highest BCUT2D eigenvalue weighted by Gasteiger charge is 2.10. The van der Waals surface area contributed by atoms with Gasteiger partial charge in [-0.25, -0.2) is 14.8 Å². The van der Waals surface area contributed by atoms with Crippen molar-refractivity contribution >= 4 is 23.4 Å². The Morgan fingerprint density at radius 3 is 2.95 bits per heavy atom. The zero-order valence-electron chi connectivity index (χ0n) is 10.4. The van der Waals surface area contributed by atoms with Crippen molar-refractivity contribution in [3.8, 4) is 0 Å². The molecule has 1 aromatic heterocycles. The molecule has 5 nitrogen and oxygen atoms in total. The number of esters is 1. The number of hydrogen-bond donors (Lipinski definition) is 1. The number of carbonyl (C=O) groups is 1. The van der Waals surface area contributed by atoms with Crippen molar-refractivity contribution < 1.29 is 9.53 Å². The normalized spacial score (nSPS) is 10.2. The van der Waals surface area contributed by atoms with E-state index in [4.69, 9.17) is 10.5 Å². The third-order valence-corrected chi connectivity index (χ3v) is 3.32. The lowest BCUT2D eigenvalue weighted by molar-refractivity contribution is 0.0526. The average molecular weight is 275 g/mol. The van der Waals surface area contributed by atoms with Crippen molar-refractivity contribution in [2.45, 2.75) is 16.8 Å². The van der Waals surface area contributed by atoms with E-state index in [2.05, 4.69) is 9.97 Å². The van der Waals surface area contributed by atoms with Crippen LogP contribution in [0.15, 0.2) is 46.7 Å². The van der Waals surface area contributed by atoms with Crippen molar-refractivity contribution in [3.63, 3.8) is 0 Å². The molecule has 0 atom stereocenters. The van der Waals surface area contributed by atoms with Gasteiger partial charge in [0.25, 0.3) is 0 Å². The van der Waals surface area contributed by atoms with Crippen molar-refractivity contribution in [1.29, 1.82) is 0 Å². The van der Waals surface area contributed by atoms with Gasteiger partial charge >= 0.3 is 5.97 Å². The van der Waals surface area contributed by atoms with Crippen molar-refractivity contribution in [2.75, 3.05) is 12.3 Å². The fourth-order valence-corrected chi connectivity index (χ4v) is 2.24. The summed E-state index contributed by atoms with van der Waals surface area (Å²) in [6, 6.07) is 6.83. The zero-order chi connectivity index (χ0) is 13.7. The van der Waals surface area contributed by atoms with Gasteiger partial charge in [-0.1, -0.05) is 11.8 Å². The molecule has 0 amide bonds. The summed E-state index contributed by atoms with van der Waals surface area (Å²) in [4.78, 5) is 20.4. The predicted molar refractivity (Wildman–Crippen MR) is 73.0 cm³/mol. The zero-order valence-corrected chi connectivity index (χ0v) is 11.2. The SMILES string of the molecule is CCOC(=O)c1ccc(N)c(Sc2ccncn2)c1. The van der Waals surface area contributed by atoms with Crippen molar-refractivity contribution in [2.24, 2.45) is 0 Å². The van der Waals surface area contributed by atoms with E-state index in [1.165, 1.54) is 18.1 Å². The monoisotopic (exact) mass is 275 g/mol. The van der Waals surface area contributed by atoms with Crippen LogP contribution in [-0.4, -0.2) is 22.5 Å². The number of benzene rings is 1. The highest BCUT2D eigenvalue weighted by atomic mass is 32.2. The summed E-state index contributed by atoms with van der Waals surface area (Å²) in [5.74, 6) is -0.355. The maximum absolute atomic E-state index is 11.7. The van der Waals surface area contributed by atoms with Crippen molar-refractivity contribution in [1.82, 2.24) is 9.97 Å². The second kappa shape index (κ2) is 6.19. The summed E-state index contributed by atoms with van der Waals surface area (Å²) in [5.41, 5.74) is 6.97. The Kier molecular flexibility index (Phi) is 4.35. The van der Waals surface area contributed by atoms with Gasteiger partial charge in [-0.2, -0.15) is 0 Å². The molecular formula is C13H13N3O2S. The number of anilines is 1. The van der Waals surface area contributed by atoms with Crippen LogP contribution >= 0.6 is 11.8 Å². The first-order chi connectivity index (χ1) is 9.20.